The smallest absolute Gasteiger partial charge is 0.255 e. The number of nitrogens with zero attached hydrogens (tertiary/aromatic N) is 2. The molecule has 1 aromatic heterocycles. The molecule has 114 valence electrons. The minimum absolute atomic E-state index is 0.0872. The van der Waals surface area contributed by atoms with E-state index in [0.29, 0.717) is 5.56 Å². The number of hydrogen-bond donors (Lipinski definition) is 1. The maximum absolute atomic E-state index is 12.4. The molecule has 1 fully saturated rings. The summed E-state index contributed by atoms with van der Waals surface area (Å²) >= 11 is 0. The number of nitrogens with one attached hydrogen (secondary N) is 1. The van der Waals surface area contributed by atoms with Crippen molar-refractivity contribution in [2.24, 2.45) is 0 Å². The molecule has 4 nitrogen and oxygen atoms in total. The van der Waals surface area contributed by atoms with Gasteiger partial charge in [-0.1, -0.05) is 29.8 Å². The van der Waals surface area contributed by atoms with Crippen molar-refractivity contribution in [2.45, 2.75) is 26.3 Å². The molecule has 1 aliphatic rings. The number of hydrogen-bond acceptors (Lipinski definition) is 3. The van der Waals surface area contributed by atoms with Crippen molar-refractivity contribution in [3.8, 4) is 0 Å². The Kier molecular flexibility index (Phi) is 4.37. The maximum Gasteiger partial charge on any atom is 0.255 e. The minimum atomic E-state index is 0.0872. The highest BCUT2D eigenvalue weighted by Gasteiger charge is 2.19. The van der Waals surface area contributed by atoms with Crippen LogP contribution in [0, 0.1) is 6.92 Å². The first-order valence-corrected chi connectivity index (χ1v) is 7.76. The quantitative estimate of drug-likeness (QED) is 0.942. The molecule has 1 saturated heterocycles. The van der Waals surface area contributed by atoms with Gasteiger partial charge < -0.3 is 10.2 Å². The fraction of sp³-hybridized carbons (Fsp3) is 0.333. The lowest BCUT2D eigenvalue weighted by molar-refractivity contribution is 0.0792. The molecule has 1 aromatic carbocycles. The van der Waals surface area contributed by atoms with E-state index >= 15 is 0 Å². The SMILES string of the molecule is Cc1cccc(CNc2cncc(C(=O)N3CCCC3)c2)c1. The summed E-state index contributed by atoms with van der Waals surface area (Å²) < 4.78 is 0. The van der Waals surface area contributed by atoms with Gasteiger partial charge in [-0.05, 0) is 31.4 Å². The highest BCUT2D eigenvalue weighted by Crippen LogP contribution is 2.16. The third-order valence-electron chi connectivity index (χ3n) is 3.96. The topological polar surface area (TPSA) is 45.2 Å². The van der Waals surface area contributed by atoms with Crippen LogP contribution in [0.2, 0.25) is 0 Å². The van der Waals surface area contributed by atoms with Crippen LogP contribution in [-0.4, -0.2) is 28.9 Å². The third-order valence-corrected chi connectivity index (χ3v) is 3.96. The Morgan fingerprint density at radius 1 is 1.23 bits per heavy atom. The zero-order valence-corrected chi connectivity index (χ0v) is 12.9. The summed E-state index contributed by atoms with van der Waals surface area (Å²) in [6.07, 6.45) is 5.62. The number of aryl methyl sites for hydroxylation is 1. The van der Waals surface area contributed by atoms with Gasteiger partial charge in [0.15, 0.2) is 0 Å². The largest absolute Gasteiger partial charge is 0.380 e. The fourth-order valence-electron chi connectivity index (χ4n) is 2.78. The summed E-state index contributed by atoms with van der Waals surface area (Å²) in [5.74, 6) is 0.0872. The van der Waals surface area contributed by atoms with Gasteiger partial charge in [-0.15, -0.1) is 0 Å². The number of carbonyl (C=O) groups is 1. The highest BCUT2D eigenvalue weighted by molar-refractivity contribution is 5.94. The lowest BCUT2D eigenvalue weighted by Gasteiger charge is -2.15. The molecule has 3 rings (SSSR count). The number of pyridine rings is 1. The van der Waals surface area contributed by atoms with Crippen LogP contribution in [0.25, 0.3) is 0 Å². The Morgan fingerprint density at radius 3 is 2.82 bits per heavy atom. The Labute approximate surface area is 131 Å². The number of amides is 1. The second kappa shape index (κ2) is 6.60. The predicted molar refractivity (Wildman–Crippen MR) is 87.9 cm³/mol. The number of anilines is 1. The summed E-state index contributed by atoms with van der Waals surface area (Å²) in [5.41, 5.74) is 4.01. The Morgan fingerprint density at radius 2 is 2.05 bits per heavy atom. The van der Waals surface area contributed by atoms with E-state index < -0.39 is 0 Å². The summed E-state index contributed by atoms with van der Waals surface area (Å²) in [6.45, 7) is 4.53. The van der Waals surface area contributed by atoms with Crippen molar-refractivity contribution in [1.82, 2.24) is 9.88 Å². The molecule has 0 saturated carbocycles. The number of benzene rings is 1. The zero-order valence-electron chi connectivity index (χ0n) is 12.9. The molecule has 0 atom stereocenters. The van der Waals surface area contributed by atoms with Crippen molar-refractivity contribution >= 4 is 11.6 Å². The lowest BCUT2D eigenvalue weighted by atomic mass is 10.1. The third kappa shape index (κ3) is 3.45. The standard InChI is InChI=1S/C18H21N3O/c1-14-5-4-6-15(9-14)11-20-17-10-16(12-19-13-17)18(22)21-7-2-3-8-21/h4-6,9-10,12-13,20H,2-3,7-8,11H2,1H3. The van der Waals surface area contributed by atoms with Crippen LogP contribution in [0.4, 0.5) is 5.69 Å². The van der Waals surface area contributed by atoms with Crippen molar-refractivity contribution in [3.05, 3.63) is 59.4 Å². The van der Waals surface area contributed by atoms with Crippen LogP contribution in [0.15, 0.2) is 42.7 Å². The summed E-state index contributed by atoms with van der Waals surface area (Å²) in [5, 5.41) is 3.34. The molecule has 4 heteroatoms. The number of carbonyl (C=O) groups excluding carboxylic acids is 1. The van der Waals surface area contributed by atoms with Crippen molar-refractivity contribution in [2.75, 3.05) is 18.4 Å². The van der Waals surface area contributed by atoms with E-state index in [0.717, 1.165) is 38.2 Å². The zero-order chi connectivity index (χ0) is 15.4. The van der Waals surface area contributed by atoms with Crippen LogP contribution < -0.4 is 5.32 Å². The molecule has 1 amide bonds. The van der Waals surface area contributed by atoms with E-state index in [1.165, 1.54) is 11.1 Å². The molecule has 1 aliphatic heterocycles. The van der Waals surface area contributed by atoms with Gasteiger partial charge in [-0.3, -0.25) is 9.78 Å². The summed E-state index contributed by atoms with van der Waals surface area (Å²) in [6, 6.07) is 10.3. The van der Waals surface area contributed by atoms with Crippen LogP contribution in [0.3, 0.4) is 0 Å². The molecule has 2 aromatic rings. The summed E-state index contributed by atoms with van der Waals surface area (Å²) in [7, 11) is 0. The second-order valence-electron chi connectivity index (χ2n) is 5.80. The van der Waals surface area contributed by atoms with Gasteiger partial charge in [-0.2, -0.15) is 0 Å². The Bertz CT molecular complexity index is 663. The molecule has 0 bridgehead atoms. The van der Waals surface area contributed by atoms with Gasteiger partial charge in [-0.25, -0.2) is 0 Å². The van der Waals surface area contributed by atoms with E-state index in [1.807, 2.05) is 11.0 Å². The normalized spacial score (nSPS) is 14.1. The van der Waals surface area contributed by atoms with Crippen LogP contribution in [0.5, 0.6) is 0 Å². The average molecular weight is 295 g/mol. The van der Waals surface area contributed by atoms with Crippen molar-refractivity contribution in [3.63, 3.8) is 0 Å². The van der Waals surface area contributed by atoms with E-state index in [9.17, 15) is 4.79 Å². The number of rotatable bonds is 4. The van der Waals surface area contributed by atoms with Gasteiger partial charge in [0.25, 0.3) is 5.91 Å². The lowest BCUT2D eigenvalue weighted by Crippen LogP contribution is -2.27. The van der Waals surface area contributed by atoms with Crippen molar-refractivity contribution in [1.29, 1.82) is 0 Å². The van der Waals surface area contributed by atoms with Crippen LogP contribution >= 0.6 is 0 Å². The molecular formula is C18H21N3O. The van der Waals surface area contributed by atoms with E-state index in [4.69, 9.17) is 0 Å². The van der Waals surface area contributed by atoms with Gasteiger partial charge in [0.1, 0.15) is 0 Å². The summed E-state index contributed by atoms with van der Waals surface area (Å²) in [4.78, 5) is 18.5. The van der Waals surface area contributed by atoms with Gasteiger partial charge >= 0.3 is 0 Å². The van der Waals surface area contributed by atoms with Crippen molar-refractivity contribution < 1.29 is 4.79 Å². The molecule has 2 heterocycles. The van der Waals surface area contributed by atoms with Gasteiger partial charge in [0.05, 0.1) is 11.3 Å². The van der Waals surface area contributed by atoms with E-state index in [1.54, 1.807) is 12.4 Å². The number of aromatic nitrogens is 1. The first kappa shape index (κ1) is 14.6. The number of likely N-dealkylation sites (tertiary alicyclic amines) is 1. The molecule has 0 radical (unpaired) electrons. The Hall–Kier alpha value is -2.36. The highest BCUT2D eigenvalue weighted by atomic mass is 16.2. The van der Waals surface area contributed by atoms with E-state index in [-0.39, 0.29) is 5.91 Å². The monoisotopic (exact) mass is 295 g/mol. The molecular weight excluding hydrogens is 274 g/mol. The fourth-order valence-corrected chi connectivity index (χ4v) is 2.78. The maximum atomic E-state index is 12.4. The molecule has 0 aliphatic carbocycles. The second-order valence-corrected chi connectivity index (χ2v) is 5.80. The van der Waals surface area contributed by atoms with Crippen LogP contribution in [0.1, 0.15) is 34.3 Å². The van der Waals surface area contributed by atoms with Gasteiger partial charge in [0, 0.05) is 32.0 Å². The van der Waals surface area contributed by atoms with E-state index in [2.05, 4.69) is 41.5 Å². The average Bonchev–Trinajstić information content (AvgIpc) is 3.07. The molecule has 22 heavy (non-hydrogen) atoms. The minimum Gasteiger partial charge on any atom is -0.380 e. The molecule has 0 unspecified atom stereocenters. The van der Waals surface area contributed by atoms with Gasteiger partial charge in [0.2, 0.25) is 0 Å². The predicted octanol–water partition coefficient (Wildman–Crippen LogP) is 3.24. The first-order valence-electron chi connectivity index (χ1n) is 7.76. The molecule has 1 N–H and O–H groups in total. The van der Waals surface area contributed by atoms with Crippen LogP contribution in [-0.2, 0) is 6.54 Å². The molecule has 0 spiro atoms. The first-order chi connectivity index (χ1) is 10.7. The Balaban J connectivity index is 1.67.